The van der Waals surface area contributed by atoms with Crippen LogP contribution in [-0.4, -0.2) is 30.6 Å². The van der Waals surface area contributed by atoms with Gasteiger partial charge in [0.2, 0.25) is 0 Å². The van der Waals surface area contributed by atoms with Crippen LogP contribution >= 0.6 is 0 Å². The molecule has 0 aromatic carbocycles. The summed E-state index contributed by atoms with van der Waals surface area (Å²) < 4.78 is 7.39. The van der Waals surface area contributed by atoms with Crippen molar-refractivity contribution < 1.29 is 9.21 Å². The number of nitrogens with zero attached hydrogens (tertiary/aromatic N) is 5. The number of aryl methyl sites for hydroxylation is 2. The van der Waals surface area contributed by atoms with Crippen LogP contribution in [0, 0.1) is 6.92 Å². The van der Waals surface area contributed by atoms with E-state index in [0.717, 1.165) is 36.4 Å². The molecular weight excluding hydrogens is 330 g/mol. The van der Waals surface area contributed by atoms with Crippen molar-refractivity contribution in [3.63, 3.8) is 0 Å². The molecule has 134 valence electrons. The average Bonchev–Trinajstić information content (AvgIpc) is 3.36. The molecule has 3 heterocycles. The van der Waals surface area contributed by atoms with Gasteiger partial charge in [-0.1, -0.05) is 0 Å². The highest BCUT2D eigenvalue weighted by molar-refractivity contribution is 5.91. The number of hydrogen-bond donors (Lipinski definition) is 0. The summed E-state index contributed by atoms with van der Waals surface area (Å²) in [5.41, 5.74) is 4.62. The maximum absolute atomic E-state index is 13.0. The smallest absolute Gasteiger partial charge is 0.274 e. The summed E-state index contributed by atoms with van der Waals surface area (Å²) in [6.07, 6.45) is 7.96. The van der Waals surface area contributed by atoms with Gasteiger partial charge in [0.25, 0.3) is 5.91 Å². The first-order valence-corrected chi connectivity index (χ1v) is 8.75. The topological polar surface area (TPSA) is 77.0 Å². The van der Waals surface area contributed by atoms with Crippen molar-refractivity contribution in [1.29, 1.82) is 0 Å². The highest BCUT2D eigenvalue weighted by Gasteiger charge is 2.25. The van der Waals surface area contributed by atoms with Crippen LogP contribution in [0.3, 0.4) is 0 Å². The second kappa shape index (κ2) is 6.74. The van der Waals surface area contributed by atoms with Crippen molar-refractivity contribution >= 4 is 5.91 Å². The molecule has 0 saturated carbocycles. The van der Waals surface area contributed by atoms with Gasteiger partial charge in [-0.3, -0.25) is 14.5 Å². The lowest BCUT2D eigenvalue weighted by molar-refractivity contribution is 0.0708. The van der Waals surface area contributed by atoms with Gasteiger partial charge < -0.3 is 9.32 Å². The molecule has 3 aromatic heterocycles. The van der Waals surface area contributed by atoms with Gasteiger partial charge in [0, 0.05) is 18.9 Å². The number of carbonyl (C=O) groups is 1. The van der Waals surface area contributed by atoms with E-state index in [1.807, 2.05) is 30.8 Å². The minimum atomic E-state index is -0.175. The maximum atomic E-state index is 13.0. The molecule has 1 aliphatic rings. The fourth-order valence-corrected chi connectivity index (χ4v) is 3.46. The van der Waals surface area contributed by atoms with Crippen molar-refractivity contribution in [3.8, 4) is 0 Å². The number of amides is 1. The number of hydrogen-bond acceptors (Lipinski definition) is 5. The largest absolute Gasteiger partial charge is 0.467 e. The molecule has 3 aromatic rings. The Labute approximate surface area is 151 Å². The van der Waals surface area contributed by atoms with Crippen molar-refractivity contribution in [2.45, 2.75) is 39.3 Å². The van der Waals surface area contributed by atoms with E-state index >= 15 is 0 Å². The van der Waals surface area contributed by atoms with Crippen LogP contribution in [0.5, 0.6) is 0 Å². The first-order chi connectivity index (χ1) is 12.6. The van der Waals surface area contributed by atoms with Crippen LogP contribution in [0.2, 0.25) is 0 Å². The normalized spacial score (nSPS) is 13.0. The van der Waals surface area contributed by atoms with Gasteiger partial charge in [-0.15, -0.1) is 0 Å². The van der Waals surface area contributed by atoms with Crippen LogP contribution in [0.15, 0.2) is 35.2 Å². The molecule has 0 atom stereocenters. The Morgan fingerprint density at radius 3 is 2.88 bits per heavy atom. The second-order valence-electron chi connectivity index (χ2n) is 6.63. The number of aromatic nitrogens is 4. The lowest BCUT2D eigenvalue weighted by Gasteiger charge is -2.21. The van der Waals surface area contributed by atoms with E-state index in [1.165, 1.54) is 17.5 Å². The summed E-state index contributed by atoms with van der Waals surface area (Å²) >= 11 is 0. The minimum absolute atomic E-state index is 0.175. The van der Waals surface area contributed by atoms with E-state index in [2.05, 4.69) is 15.1 Å². The predicted molar refractivity (Wildman–Crippen MR) is 94.3 cm³/mol. The molecule has 1 aliphatic carbocycles. The van der Waals surface area contributed by atoms with E-state index in [9.17, 15) is 4.79 Å². The molecule has 7 heteroatoms. The summed E-state index contributed by atoms with van der Waals surface area (Å²) in [5.74, 6) is 0.553. The first kappa shape index (κ1) is 16.5. The highest BCUT2D eigenvalue weighted by atomic mass is 16.3. The fourth-order valence-electron chi connectivity index (χ4n) is 3.46. The number of rotatable bonds is 5. The fraction of sp³-hybridized carbons (Fsp3) is 0.368. The van der Waals surface area contributed by atoms with E-state index in [-0.39, 0.29) is 5.91 Å². The number of fused-ring (bicyclic) bond motifs is 1. The van der Waals surface area contributed by atoms with Crippen molar-refractivity contribution in [3.05, 3.63) is 64.9 Å². The Balaban J connectivity index is 1.63. The lowest BCUT2D eigenvalue weighted by atomic mass is 10.2. The van der Waals surface area contributed by atoms with Crippen molar-refractivity contribution in [1.82, 2.24) is 24.6 Å². The Hall–Kier alpha value is -2.96. The molecule has 26 heavy (non-hydrogen) atoms. The van der Waals surface area contributed by atoms with Gasteiger partial charge in [-0.2, -0.15) is 5.10 Å². The molecule has 0 N–H and O–H groups in total. The van der Waals surface area contributed by atoms with Crippen LogP contribution in [0.4, 0.5) is 0 Å². The molecule has 0 fully saturated rings. The molecule has 0 bridgehead atoms. The summed E-state index contributed by atoms with van der Waals surface area (Å²) in [4.78, 5) is 23.2. The quantitative estimate of drug-likeness (QED) is 0.706. The van der Waals surface area contributed by atoms with Gasteiger partial charge in [-0.25, -0.2) is 4.98 Å². The SMILES string of the molecule is Cc1cnc(C(=O)N(Cc2ccco2)Cc2nn(C)c3c2CCC3)cn1. The van der Waals surface area contributed by atoms with E-state index in [1.54, 1.807) is 17.4 Å². The Morgan fingerprint density at radius 2 is 2.15 bits per heavy atom. The van der Waals surface area contributed by atoms with Crippen molar-refractivity contribution in [2.75, 3.05) is 0 Å². The van der Waals surface area contributed by atoms with Gasteiger partial charge in [0.15, 0.2) is 0 Å². The van der Waals surface area contributed by atoms with Gasteiger partial charge in [0.1, 0.15) is 11.5 Å². The molecule has 0 spiro atoms. The Morgan fingerprint density at radius 1 is 1.27 bits per heavy atom. The van der Waals surface area contributed by atoms with E-state index in [0.29, 0.717) is 18.8 Å². The molecule has 1 amide bonds. The van der Waals surface area contributed by atoms with Gasteiger partial charge in [0.05, 0.1) is 36.9 Å². The zero-order chi connectivity index (χ0) is 18.1. The zero-order valence-electron chi connectivity index (χ0n) is 15.0. The summed E-state index contributed by atoms with van der Waals surface area (Å²) in [7, 11) is 1.97. The minimum Gasteiger partial charge on any atom is -0.467 e. The summed E-state index contributed by atoms with van der Waals surface area (Å²) in [5, 5.41) is 4.65. The lowest BCUT2D eigenvalue weighted by Crippen LogP contribution is -2.31. The first-order valence-electron chi connectivity index (χ1n) is 8.75. The number of carbonyl (C=O) groups excluding carboxylic acids is 1. The molecule has 0 unspecified atom stereocenters. The second-order valence-corrected chi connectivity index (χ2v) is 6.63. The maximum Gasteiger partial charge on any atom is 0.274 e. The Kier molecular flexibility index (Phi) is 4.28. The van der Waals surface area contributed by atoms with Crippen LogP contribution in [-0.2, 0) is 33.0 Å². The molecule has 4 rings (SSSR count). The predicted octanol–water partition coefficient (Wildman–Crippen LogP) is 2.44. The van der Waals surface area contributed by atoms with Gasteiger partial charge >= 0.3 is 0 Å². The molecule has 7 nitrogen and oxygen atoms in total. The zero-order valence-corrected chi connectivity index (χ0v) is 15.0. The van der Waals surface area contributed by atoms with Gasteiger partial charge in [-0.05, 0) is 43.9 Å². The highest BCUT2D eigenvalue weighted by Crippen LogP contribution is 2.26. The standard InChI is InChI=1S/C19H21N5O2/c1-13-9-21-16(10-20-13)19(25)24(11-14-5-4-8-26-14)12-17-15-6-3-7-18(15)23(2)22-17/h4-5,8-10H,3,6-7,11-12H2,1-2H3. The van der Waals surface area contributed by atoms with E-state index in [4.69, 9.17) is 4.42 Å². The molecule has 0 radical (unpaired) electrons. The summed E-state index contributed by atoms with van der Waals surface area (Å²) in [6, 6.07) is 3.69. The third-order valence-electron chi connectivity index (χ3n) is 4.75. The molecular formula is C19H21N5O2. The van der Waals surface area contributed by atoms with E-state index < -0.39 is 0 Å². The van der Waals surface area contributed by atoms with Crippen LogP contribution < -0.4 is 0 Å². The Bertz CT molecular complexity index is 912. The van der Waals surface area contributed by atoms with Crippen molar-refractivity contribution in [2.24, 2.45) is 7.05 Å². The molecule has 0 saturated heterocycles. The third kappa shape index (κ3) is 3.12. The molecule has 0 aliphatic heterocycles. The monoisotopic (exact) mass is 351 g/mol. The third-order valence-corrected chi connectivity index (χ3v) is 4.75. The van der Waals surface area contributed by atoms with Crippen LogP contribution in [0.25, 0.3) is 0 Å². The van der Waals surface area contributed by atoms with Crippen LogP contribution in [0.1, 0.15) is 45.3 Å². The average molecular weight is 351 g/mol. The summed E-state index contributed by atoms with van der Waals surface area (Å²) in [6.45, 7) is 2.64. The number of furan rings is 1.